The van der Waals surface area contributed by atoms with Gasteiger partial charge in [0, 0.05) is 12.5 Å². The van der Waals surface area contributed by atoms with Crippen LogP contribution in [0.1, 0.15) is 56.8 Å². The van der Waals surface area contributed by atoms with Crippen molar-refractivity contribution in [1.29, 1.82) is 0 Å². The number of unbranched alkanes of at least 4 members (excludes halogenated alkanes) is 2. The zero-order valence-corrected chi connectivity index (χ0v) is 12.5. The van der Waals surface area contributed by atoms with Crippen LogP contribution in [0.15, 0.2) is 24.3 Å². The molecule has 1 aromatic rings. The first kappa shape index (κ1) is 16.2. The van der Waals surface area contributed by atoms with Crippen molar-refractivity contribution in [3.63, 3.8) is 0 Å². The van der Waals surface area contributed by atoms with Crippen LogP contribution < -0.4 is 10.6 Å². The summed E-state index contributed by atoms with van der Waals surface area (Å²) in [6.45, 7) is 5.91. The summed E-state index contributed by atoms with van der Waals surface area (Å²) in [5, 5.41) is 5.66. The molecule has 0 fully saturated rings. The van der Waals surface area contributed by atoms with E-state index in [0.29, 0.717) is 17.7 Å². The number of rotatable bonds is 7. The lowest BCUT2D eigenvalue weighted by atomic mass is 10.1. The number of hydrogen-bond donors (Lipinski definition) is 2. The first-order valence-corrected chi connectivity index (χ1v) is 7.24. The number of para-hydroxylation sites is 1. The maximum absolute atomic E-state index is 12.1. The standard InChI is InChI=1S/C16H24N2O2/c1-4-5-6-11-15(19)18-14-10-8-7-9-13(14)16(20)17-12(2)3/h7-10,12H,4-6,11H2,1-3H3,(H,17,20)(H,18,19). The Morgan fingerprint density at radius 3 is 2.50 bits per heavy atom. The quantitative estimate of drug-likeness (QED) is 0.750. The van der Waals surface area contributed by atoms with Crippen molar-refractivity contribution in [1.82, 2.24) is 5.32 Å². The van der Waals surface area contributed by atoms with Gasteiger partial charge in [0.1, 0.15) is 0 Å². The Kier molecular flexibility index (Phi) is 6.77. The molecule has 20 heavy (non-hydrogen) atoms. The molecule has 1 aromatic carbocycles. The van der Waals surface area contributed by atoms with Crippen LogP contribution in [0.2, 0.25) is 0 Å². The Bertz CT molecular complexity index is 456. The van der Waals surface area contributed by atoms with E-state index >= 15 is 0 Å². The number of benzene rings is 1. The third kappa shape index (κ3) is 5.43. The van der Waals surface area contributed by atoms with Gasteiger partial charge in [0.2, 0.25) is 5.91 Å². The van der Waals surface area contributed by atoms with Crippen molar-refractivity contribution in [2.45, 2.75) is 52.5 Å². The summed E-state index contributed by atoms with van der Waals surface area (Å²) in [4.78, 5) is 23.9. The molecule has 0 aliphatic rings. The van der Waals surface area contributed by atoms with E-state index in [4.69, 9.17) is 0 Å². The Hall–Kier alpha value is -1.84. The molecular weight excluding hydrogens is 252 g/mol. The molecule has 0 saturated heterocycles. The normalized spacial score (nSPS) is 10.4. The van der Waals surface area contributed by atoms with Crippen molar-refractivity contribution in [2.24, 2.45) is 0 Å². The molecule has 110 valence electrons. The Labute approximate surface area is 121 Å². The van der Waals surface area contributed by atoms with Gasteiger partial charge in [0.25, 0.3) is 5.91 Å². The van der Waals surface area contributed by atoms with E-state index in [1.807, 2.05) is 19.9 Å². The zero-order chi connectivity index (χ0) is 15.0. The Morgan fingerprint density at radius 1 is 1.15 bits per heavy atom. The molecule has 0 aromatic heterocycles. The van der Waals surface area contributed by atoms with Crippen LogP contribution in [-0.2, 0) is 4.79 Å². The fourth-order valence-corrected chi connectivity index (χ4v) is 1.88. The fraction of sp³-hybridized carbons (Fsp3) is 0.500. The molecule has 4 heteroatoms. The average Bonchev–Trinajstić information content (AvgIpc) is 2.38. The highest BCUT2D eigenvalue weighted by molar-refractivity contribution is 6.03. The van der Waals surface area contributed by atoms with Crippen LogP contribution in [-0.4, -0.2) is 17.9 Å². The molecule has 0 bridgehead atoms. The molecule has 0 radical (unpaired) electrons. The minimum absolute atomic E-state index is 0.0387. The molecule has 0 heterocycles. The third-order valence-electron chi connectivity index (χ3n) is 2.87. The smallest absolute Gasteiger partial charge is 0.253 e. The molecule has 4 nitrogen and oxygen atoms in total. The first-order valence-electron chi connectivity index (χ1n) is 7.24. The topological polar surface area (TPSA) is 58.2 Å². The van der Waals surface area contributed by atoms with E-state index in [-0.39, 0.29) is 17.9 Å². The summed E-state index contributed by atoms with van der Waals surface area (Å²) >= 11 is 0. The number of nitrogens with one attached hydrogen (secondary N) is 2. The number of anilines is 1. The number of amides is 2. The van der Waals surface area contributed by atoms with Gasteiger partial charge in [0.05, 0.1) is 11.3 Å². The second-order valence-electron chi connectivity index (χ2n) is 5.18. The molecule has 2 N–H and O–H groups in total. The lowest BCUT2D eigenvalue weighted by Crippen LogP contribution is -2.31. The van der Waals surface area contributed by atoms with Gasteiger partial charge in [-0.2, -0.15) is 0 Å². The minimum atomic E-state index is -0.163. The molecule has 0 unspecified atom stereocenters. The highest BCUT2D eigenvalue weighted by Crippen LogP contribution is 2.16. The van der Waals surface area contributed by atoms with E-state index in [1.165, 1.54) is 0 Å². The van der Waals surface area contributed by atoms with E-state index in [0.717, 1.165) is 19.3 Å². The van der Waals surface area contributed by atoms with Crippen molar-refractivity contribution in [2.75, 3.05) is 5.32 Å². The molecule has 1 rings (SSSR count). The van der Waals surface area contributed by atoms with Gasteiger partial charge < -0.3 is 10.6 Å². The Balaban J connectivity index is 2.70. The number of carbonyl (C=O) groups is 2. The van der Waals surface area contributed by atoms with Gasteiger partial charge >= 0.3 is 0 Å². The predicted molar refractivity (Wildman–Crippen MR) is 81.8 cm³/mol. The van der Waals surface area contributed by atoms with Crippen molar-refractivity contribution >= 4 is 17.5 Å². The first-order chi connectivity index (χ1) is 9.54. The predicted octanol–water partition coefficient (Wildman–Crippen LogP) is 3.34. The van der Waals surface area contributed by atoms with Gasteiger partial charge in [-0.15, -0.1) is 0 Å². The van der Waals surface area contributed by atoms with Gasteiger partial charge in [-0.1, -0.05) is 31.9 Å². The fourth-order valence-electron chi connectivity index (χ4n) is 1.88. The largest absolute Gasteiger partial charge is 0.350 e. The van der Waals surface area contributed by atoms with Crippen LogP contribution in [0.3, 0.4) is 0 Å². The van der Waals surface area contributed by atoms with Crippen molar-refractivity contribution < 1.29 is 9.59 Å². The summed E-state index contributed by atoms with van der Waals surface area (Å²) < 4.78 is 0. The number of carbonyl (C=O) groups excluding carboxylic acids is 2. The molecule has 0 spiro atoms. The minimum Gasteiger partial charge on any atom is -0.350 e. The maximum atomic E-state index is 12.1. The van der Waals surface area contributed by atoms with E-state index in [1.54, 1.807) is 18.2 Å². The van der Waals surface area contributed by atoms with E-state index < -0.39 is 0 Å². The van der Waals surface area contributed by atoms with Crippen LogP contribution in [0.25, 0.3) is 0 Å². The second-order valence-corrected chi connectivity index (χ2v) is 5.18. The number of hydrogen-bond acceptors (Lipinski definition) is 2. The molecule has 0 aliphatic carbocycles. The summed E-state index contributed by atoms with van der Waals surface area (Å²) in [5.41, 5.74) is 1.08. The van der Waals surface area contributed by atoms with Gasteiger partial charge in [-0.3, -0.25) is 9.59 Å². The summed E-state index contributed by atoms with van der Waals surface area (Å²) in [6.07, 6.45) is 3.50. The highest BCUT2D eigenvalue weighted by Gasteiger charge is 2.13. The lowest BCUT2D eigenvalue weighted by Gasteiger charge is -2.13. The molecule has 0 aliphatic heterocycles. The highest BCUT2D eigenvalue weighted by atomic mass is 16.2. The van der Waals surface area contributed by atoms with Crippen LogP contribution in [0, 0.1) is 0 Å². The van der Waals surface area contributed by atoms with Gasteiger partial charge in [0.15, 0.2) is 0 Å². The lowest BCUT2D eigenvalue weighted by molar-refractivity contribution is -0.116. The van der Waals surface area contributed by atoms with Gasteiger partial charge in [-0.25, -0.2) is 0 Å². The molecule has 2 amide bonds. The van der Waals surface area contributed by atoms with E-state index in [9.17, 15) is 9.59 Å². The van der Waals surface area contributed by atoms with E-state index in [2.05, 4.69) is 17.6 Å². The summed E-state index contributed by atoms with van der Waals surface area (Å²) in [6, 6.07) is 7.15. The average molecular weight is 276 g/mol. The monoisotopic (exact) mass is 276 g/mol. The van der Waals surface area contributed by atoms with Crippen molar-refractivity contribution in [3.05, 3.63) is 29.8 Å². The van der Waals surface area contributed by atoms with Crippen LogP contribution >= 0.6 is 0 Å². The molecular formula is C16H24N2O2. The zero-order valence-electron chi connectivity index (χ0n) is 12.5. The summed E-state index contributed by atoms with van der Waals surface area (Å²) in [5.74, 6) is -0.201. The van der Waals surface area contributed by atoms with Crippen LogP contribution in [0.4, 0.5) is 5.69 Å². The molecule has 0 saturated carbocycles. The van der Waals surface area contributed by atoms with Crippen molar-refractivity contribution in [3.8, 4) is 0 Å². The SMILES string of the molecule is CCCCCC(=O)Nc1ccccc1C(=O)NC(C)C. The Morgan fingerprint density at radius 2 is 1.85 bits per heavy atom. The third-order valence-corrected chi connectivity index (χ3v) is 2.87. The van der Waals surface area contributed by atoms with Gasteiger partial charge in [-0.05, 0) is 32.4 Å². The maximum Gasteiger partial charge on any atom is 0.253 e. The second kappa shape index (κ2) is 8.35. The molecule has 0 atom stereocenters. The summed E-state index contributed by atoms with van der Waals surface area (Å²) in [7, 11) is 0. The van der Waals surface area contributed by atoms with Crippen LogP contribution in [0.5, 0.6) is 0 Å².